The van der Waals surface area contributed by atoms with Crippen LogP contribution in [-0.2, 0) is 6.54 Å². The van der Waals surface area contributed by atoms with Crippen LogP contribution in [0.15, 0.2) is 17.3 Å². The van der Waals surface area contributed by atoms with Crippen LogP contribution in [0, 0.1) is 3.57 Å². The third kappa shape index (κ3) is 3.40. The van der Waals surface area contributed by atoms with Crippen LogP contribution in [0.3, 0.4) is 0 Å². The Hall–Kier alpha value is -0.390. The van der Waals surface area contributed by atoms with Gasteiger partial charge in [-0.05, 0) is 29.0 Å². The summed E-state index contributed by atoms with van der Waals surface area (Å²) in [5, 5.41) is 0. The van der Waals surface area contributed by atoms with Gasteiger partial charge < -0.3 is 0 Å². The molecule has 0 amide bonds. The number of aryl methyl sites for hydroxylation is 1. The quantitative estimate of drug-likeness (QED) is 0.618. The molecular weight excluding hydrogens is 291 g/mol. The molecule has 0 fully saturated rings. The van der Waals surface area contributed by atoms with Crippen molar-refractivity contribution in [1.29, 1.82) is 0 Å². The first-order valence-electron chi connectivity index (χ1n) is 4.95. The van der Waals surface area contributed by atoms with Gasteiger partial charge in [-0.3, -0.25) is 9.36 Å². The van der Waals surface area contributed by atoms with Gasteiger partial charge in [0.2, 0.25) is 0 Å². The van der Waals surface area contributed by atoms with Gasteiger partial charge >= 0.3 is 0 Å². The van der Waals surface area contributed by atoms with Gasteiger partial charge in [0.25, 0.3) is 5.56 Å². The molecule has 0 spiro atoms. The summed E-state index contributed by atoms with van der Waals surface area (Å²) in [4.78, 5) is 15.5. The number of unbranched alkanes of at least 4 members (excludes halogenated alkanes) is 3. The standard InChI is InChI=1S/C10H15IN2O/c1-2-3-4-5-6-13-8-12-7-9(11)10(13)14/h7-8H,2-6H2,1H3. The summed E-state index contributed by atoms with van der Waals surface area (Å²) in [6.45, 7) is 2.97. The molecule has 0 N–H and O–H groups in total. The normalized spacial score (nSPS) is 10.4. The highest BCUT2D eigenvalue weighted by Gasteiger charge is 1.99. The van der Waals surface area contributed by atoms with E-state index in [4.69, 9.17) is 0 Å². The molecule has 0 unspecified atom stereocenters. The lowest BCUT2D eigenvalue weighted by atomic mass is 10.2. The fourth-order valence-corrected chi connectivity index (χ4v) is 1.76. The van der Waals surface area contributed by atoms with Gasteiger partial charge in [-0.1, -0.05) is 26.2 Å². The molecule has 0 aromatic carbocycles. The Bertz CT molecular complexity index is 335. The zero-order chi connectivity index (χ0) is 10.4. The molecule has 4 heteroatoms. The van der Waals surface area contributed by atoms with Crippen LogP contribution in [0.1, 0.15) is 32.6 Å². The Labute approximate surface area is 97.7 Å². The number of halogens is 1. The van der Waals surface area contributed by atoms with Gasteiger partial charge in [0.1, 0.15) is 0 Å². The second-order valence-corrected chi connectivity index (χ2v) is 4.46. The summed E-state index contributed by atoms with van der Waals surface area (Å²) in [6, 6.07) is 0. The van der Waals surface area contributed by atoms with E-state index < -0.39 is 0 Å². The molecule has 0 saturated carbocycles. The van der Waals surface area contributed by atoms with Gasteiger partial charge in [0, 0.05) is 12.7 Å². The predicted octanol–water partition coefficient (Wildman–Crippen LogP) is 2.43. The lowest BCUT2D eigenvalue weighted by Gasteiger charge is -2.04. The molecule has 14 heavy (non-hydrogen) atoms. The lowest BCUT2D eigenvalue weighted by molar-refractivity contribution is 0.562. The number of rotatable bonds is 5. The Balaban J connectivity index is 2.51. The van der Waals surface area contributed by atoms with Crippen LogP contribution < -0.4 is 5.56 Å². The number of hydrogen-bond acceptors (Lipinski definition) is 2. The highest BCUT2D eigenvalue weighted by atomic mass is 127. The maximum Gasteiger partial charge on any atom is 0.266 e. The Morgan fingerprint density at radius 2 is 2.21 bits per heavy atom. The minimum atomic E-state index is 0.0806. The average molecular weight is 306 g/mol. The van der Waals surface area contributed by atoms with Crippen molar-refractivity contribution < 1.29 is 0 Å². The predicted molar refractivity (Wildman–Crippen MR) is 65.4 cm³/mol. The molecule has 1 aromatic rings. The largest absolute Gasteiger partial charge is 0.298 e. The van der Waals surface area contributed by atoms with E-state index in [0.717, 1.165) is 13.0 Å². The maximum atomic E-state index is 11.5. The zero-order valence-electron chi connectivity index (χ0n) is 8.37. The van der Waals surface area contributed by atoms with Gasteiger partial charge in [-0.15, -0.1) is 0 Å². The number of nitrogens with zero attached hydrogens (tertiary/aromatic N) is 2. The van der Waals surface area contributed by atoms with Crippen LogP contribution in [0.4, 0.5) is 0 Å². The van der Waals surface area contributed by atoms with Crippen LogP contribution in [0.5, 0.6) is 0 Å². The van der Waals surface area contributed by atoms with Crippen molar-refractivity contribution in [2.75, 3.05) is 0 Å². The Kier molecular flexibility index (Phi) is 5.14. The first-order chi connectivity index (χ1) is 6.75. The molecule has 78 valence electrons. The van der Waals surface area contributed by atoms with Crippen molar-refractivity contribution in [3.05, 3.63) is 26.4 Å². The molecule has 1 rings (SSSR count). The van der Waals surface area contributed by atoms with Crippen molar-refractivity contribution >= 4 is 22.6 Å². The maximum absolute atomic E-state index is 11.5. The van der Waals surface area contributed by atoms with E-state index in [2.05, 4.69) is 11.9 Å². The molecule has 3 nitrogen and oxygen atoms in total. The zero-order valence-corrected chi connectivity index (χ0v) is 10.5. The van der Waals surface area contributed by atoms with Gasteiger partial charge in [-0.25, -0.2) is 4.98 Å². The third-order valence-electron chi connectivity index (χ3n) is 2.11. The summed E-state index contributed by atoms with van der Waals surface area (Å²) in [7, 11) is 0. The van der Waals surface area contributed by atoms with E-state index in [1.165, 1.54) is 19.3 Å². The fourth-order valence-electron chi connectivity index (χ4n) is 1.29. The minimum Gasteiger partial charge on any atom is -0.298 e. The second-order valence-electron chi connectivity index (χ2n) is 3.30. The molecule has 0 aliphatic carbocycles. The second kappa shape index (κ2) is 6.16. The Morgan fingerprint density at radius 1 is 1.43 bits per heavy atom. The van der Waals surface area contributed by atoms with Gasteiger partial charge in [-0.2, -0.15) is 0 Å². The van der Waals surface area contributed by atoms with Gasteiger partial charge in [0.15, 0.2) is 0 Å². The van der Waals surface area contributed by atoms with Crippen molar-refractivity contribution in [1.82, 2.24) is 9.55 Å². The van der Waals surface area contributed by atoms with E-state index in [9.17, 15) is 4.79 Å². The number of aromatic nitrogens is 2. The number of hydrogen-bond donors (Lipinski definition) is 0. The van der Waals surface area contributed by atoms with Gasteiger partial charge in [0.05, 0.1) is 9.90 Å². The van der Waals surface area contributed by atoms with Crippen LogP contribution in [0.2, 0.25) is 0 Å². The molecule has 1 aromatic heterocycles. The fraction of sp³-hybridized carbons (Fsp3) is 0.600. The first kappa shape index (κ1) is 11.7. The summed E-state index contributed by atoms with van der Waals surface area (Å²) in [5.41, 5.74) is 0.0806. The molecule has 1 heterocycles. The molecule has 0 bridgehead atoms. The highest BCUT2D eigenvalue weighted by molar-refractivity contribution is 14.1. The lowest BCUT2D eigenvalue weighted by Crippen LogP contribution is -2.22. The monoisotopic (exact) mass is 306 g/mol. The van der Waals surface area contributed by atoms with Crippen molar-refractivity contribution in [2.24, 2.45) is 0 Å². The molecule has 0 aliphatic heterocycles. The SMILES string of the molecule is CCCCCCn1cncc(I)c1=O. The molecule has 0 radical (unpaired) electrons. The molecule has 0 saturated heterocycles. The first-order valence-corrected chi connectivity index (χ1v) is 6.03. The van der Waals surface area contributed by atoms with Crippen LogP contribution >= 0.6 is 22.6 Å². The summed E-state index contributed by atoms with van der Waals surface area (Å²) in [5.74, 6) is 0. The Morgan fingerprint density at radius 3 is 2.93 bits per heavy atom. The van der Waals surface area contributed by atoms with E-state index in [-0.39, 0.29) is 5.56 Å². The summed E-state index contributed by atoms with van der Waals surface area (Å²) >= 11 is 2.02. The minimum absolute atomic E-state index is 0.0806. The van der Waals surface area contributed by atoms with E-state index in [1.807, 2.05) is 22.6 Å². The van der Waals surface area contributed by atoms with Crippen molar-refractivity contribution in [3.8, 4) is 0 Å². The summed E-state index contributed by atoms with van der Waals surface area (Å²) < 4.78 is 2.39. The average Bonchev–Trinajstić information content (AvgIpc) is 2.19. The van der Waals surface area contributed by atoms with E-state index >= 15 is 0 Å². The van der Waals surface area contributed by atoms with E-state index in [0.29, 0.717) is 3.57 Å². The smallest absolute Gasteiger partial charge is 0.266 e. The van der Waals surface area contributed by atoms with Crippen molar-refractivity contribution in [2.45, 2.75) is 39.2 Å². The third-order valence-corrected chi connectivity index (χ3v) is 2.85. The summed E-state index contributed by atoms with van der Waals surface area (Å²) in [6.07, 6.45) is 7.94. The van der Waals surface area contributed by atoms with E-state index in [1.54, 1.807) is 17.1 Å². The highest BCUT2D eigenvalue weighted by Crippen LogP contribution is 2.00. The topological polar surface area (TPSA) is 34.9 Å². The molecular formula is C10H15IN2O. The molecule has 0 atom stereocenters. The van der Waals surface area contributed by atoms with Crippen molar-refractivity contribution in [3.63, 3.8) is 0 Å². The molecule has 0 aliphatic rings. The van der Waals surface area contributed by atoms with Crippen LogP contribution in [0.25, 0.3) is 0 Å². The van der Waals surface area contributed by atoms with Crippen LogP contribution in [-0.4, -0.2) is 9.55 Å².